The number of hydrogen-bond donors (Lipinski definition) is 1. The molecular formula is C17H14Cl4N2O3S. The molecule has 0 saturated carbocycles. The van der Waals surface area contributed by atoms with Gasteiger partial charge in [0.1, 0.15) is 0 Å². The van der Waals surface area contributed by atoms with Crippen LogP contribution in [0.25, 0.3) is 0 Å². The summed E-state index contributed by atoms with van der Waals surface area (Å²) in [6.07, 6.45) is -0.309. The Kier molecular flexibility index (Phi) is 5.45. The lowest BCUT2D eigenvalue weighted by Gasteiger charge is -2.36. The standard InChI is InChI=1S/C17H14Cl4N2O3S/c1-11-2-8-14(9-3-11)27(25,26)23-16(24,17(19,20)21)10-15(22-23)12-4-6-13(18)7-5-12/h2-9,24H,10H2,1H3. The van der Waals surface area contributed by atoms with E-state index in [9.17, 15) is 13.5 Å². The van der Waals surface area contributed by atoms with Crippen LogP contribution in [0.1, 0.15) is 17.5 Å². The van der Waals surface area contributed by atoms with Gasteiger partial charge in [0.25, 0.3) is 10.0 Å². The first kappa shape index (κ1) is 20.7. The highest BCUT2D eigenvalue weighted by molar-refractivity contribution is 7.89. The summed E-state index contributed by atoms with van der Waals surface area (Å²) in [5, 5.41) is 15.6. The first-order valence-electron chi connectivity index (χ1n) is 7.70. The highest BCUT2D eigenvalue weighted by Gasteiger charge is 2.60. The van der Waals surface area contributed by atoms with Gasteiger partial charge in [-0.25, -0.2) is 0 Å². The molecule has 144 valence electrons. The van der Waals surface area contributed by atoms with Crippen LogP contribution in [0.4, 0.5) is 0 Å². The maximum atomic E-state index is 13.1. The van der Waals surface area contributed by atoms with Crippen molar-refractivity contribution in [3.8, 4) is 0 Å². The Morgan fingerprint density at radius 3 is 2.15 bits per heavy atom. The fourth-order valence-electron chi connectivity index (χ4n) is 2.60. The molecule has 1 N–H and O–H groups in total. The number of hydrogen-bond acceptors (Lipinski definition) is 4. The first-order valence-corrected chi connectivity index (χ1v) is 10.6. The van der Waals surface area contributed by atoms with Crippen LogP contribution in [-0.2, 0) is 10.0 Å². The molecule has 3 rings (SSSR count). The molecule has 0 aliphatic carbocycles. The zero-order chi connectivity index (χ0) is 20.0. The molecule has 1 unspecified atom stereocenters. The summed E-state index contributed by atoms with van der Waals surface area (Å²) in [6.45, 7) is 1.82. The summed E-state index contributed by atoms with van der Waals surface area (Å²) in [5.41, 5.74) is -0.724. The van der Waals surface area contributed by atoms with E-state index in [0.29, 0.717) is 15.0 Å². The molecule has 1 aliphatic heterocycles. The minimum Gasteiger partial charge on any atom is -0.365 e. The Bertz CT molecular complexity index is 986. The Balaban J connectivity index is 2.13. The Morgan fingerprint density at radius 2 is 1.63 bits per heavy atom. The summed E-state index contributed by atoms with van der Waals surface area (Å²) < 4.78 is 24.3. The second-order valence-electron chi connectivity index (χ2n) is 6.11. The van der Waals surface area contributed by atoms with E-state index in [2.05, 4.69) is 5.10 Å². The molecule has 10 heteroatoms. The molecule has 2 aromatic carbocycles. The lowest BCUT2D eigenvalue weighted by Crippen LogP contribution is -2.55. The molecule has 0 spiro atoms. The van der Waals surface area contributed by atoms with E-state index >= 15 is 0 Å². The van der Waals surface area contributed by atoms with Gasteiger partial charge in [-0.2, -0.15) is 13.5 Å². The number of rotatable bonds is 3. The van der Waals surface area contributed by atoms with Crippen molar-refractivity contribution in [1.82, 2.24) is 4.41 Å². The summed E-state index contributed by atoms with van der Waals surface area (Å²) >= 11 is 23.7. The van der Waals surface area contributed by atoms with Crippen molar-refractivity contribution >= 4 is 62.1 Å². The number of aliphatic hydroxyl groups is 1. The molecule has 27 heavy (non-hydrogen) atoms. The minimum absolute atomic E-state index is 0.0816. The summed E-state index contributed by atoms with van der Waals surface area (Å²) in [6, 6.07) is 12.6. The molecule has 5 nitrogen and oxygen atoms in total. The van der Waals surface area contributed by atoms with Crippen LogP contribution in [0.15, 0.2) is 58.5 Å². The van der Waals surface area contributed by atoms with Crippen molar-refractivity contribution < 1.29 is 13.5 Å². The van der Waals surface area contributed by atoms with E-state index in [4.69, 9.17) is 46.4 Å². The van der Waals surface area contributed by atoms with Crippen molar-refractivity contribution in [2.75, 3.05) is 0 Å². The van der Waals surface area contributed by atoms with Crippen LogP contribution in [0.3, 0.4) is 0 Å². The van der Waals surface area contributed by atoms with E-state index in [-0.39, 0.29) is 17.0 Å². The van der Waals surface area contributed by atoms with Crippen LogP contribution in [-0.4, -0.2) is 33.2 Å². The Hall–Kier alpha value is -1.02. The second kappa shape index (κ2) is 7.10. The number of hydrazone groups is 1. The number of sulfonamides is 1. The van der Waals surface area contributed by atoms with Crippen LogP contribution in [0.5, 0.6) is 0 Å². The fourth-order valence-corrected chi connectivity index (χ4v) is 4.80. The summed E-state index contributed by atoms with van der Waals surface area (Å²) in [7, 11) is -4.28. The third-order valence-electron chi connectivity index (χ3n) is 4.12. The summed E-state index contributed by atoms with van der Waals surface area (Å²) in [4.78, 5) is -0.0816. The number of benzene rings is 2. The van der Waals surface area contributed by atoms with Crippen LogP contribution in [0, 0.1) is 6.92 Å². The third kappa shape index (κ3) is 3.79. The third-order valence-corrected chi connectivity index (χ3v) is 6.99. The maximum Gasteiger partial charge on any atom is 0.281 e. The van der Waals surface area contributed by atoms with Gasteiger partial charge in [0.15, 0.2) is 0 Å². The molecule has 0 fully saturated rings. The van der Waals surface area contributed by atoms with Crippen molar-refractivity contribution in [1.29, 1.82) is 0 Å². The van der Waals surface area contributed by atoms with E-state index in [0.717, 1.165) is 5.56 Å². The molecule has 1 aliphatic rings. The molecule has 0 radical (unpaired) electrons. The molecule has 0 amide bonds. The van der Waals surface area contributed by atoms with Gasteiger partial charge < -0.3 is 5.11 Å². The topological polar surface area (TPSA) is 70.0 Å². The van der Waals surface area contributed by atoms with Crippen LogP contribution in [0.2, 0.25) is 5.02 Å². The van der Waals surface area contributed by atoms with Gasteiger partial charge in [0, 0.05) is 11.4 Å². The number of nitrogens with zero attached hydrogens (tertiary/aromatic N) is 2. The maximum absolute atomic E-state index is 13.1. The smallest absolute Gasteiger partial charge is 0.281 e. The number of aryl methyl sites for hydroxylation is 1. The molecular weight excluding hydrogens is 454 g/mol. The van der Waals surface area contributed by atoms with Crippen molar-refractivity contribution in [2.45, 2.75) is 27.8 Å². The zero-order valence-electron chi connectivity index (χ0n) is 13.9. The van der Waals surface area contributed by atoms with Gasteiger partial charge in [-0.05, 0) is 36.8 Å². The number of halogens is 4. The van der Waals surface area contributed by atoms with Crippen LogP contribution < -0.4 is 0 Å². The minimum atomic E-state index is -4.28. The quantitative estimate of drug-likeness (QED) is 0.675. The van der Waals surface area contributed by atoms with Gasteiger partial charge >= 0.3 is 0 Å². The van der Waals surface area contributed by atoms with E-state index in [1.54, 1.807) is 36.4 Å². The van der Waals surface area contributed by atoms with E-state index < -0.39 is 19.5 Å². The van der Waals surface area contributed by atoms with E-state index in [1.807, 2.05) is 6.92 Å². The monoisotopic (exact) mass is 466 g/mol. The predicted molar refractivity (Wildman–Crippen MR) is 108 cm³/mol. The number of alkyl halides is 3. The van der Waals surface area contributed by atoms with E-state index in [1.165, 1.54) is 12.1 Å². The predicted octanol–water partition coefficient (Wildman–Crippen LogP) is 4.51. The Labute approximate surface area is 177 Å². The molecule has 0 aromatic heterocycles. The van der Waals surface area contributed by atoms with Crippen molar-refractivity contribution in [2.24, 2.45) is 5.10 Å². The fraction of sp³-hybridized carbons (Fsp3) is 0.235. The van der Waals surface area contributed by atoms with Gasteiger partial charge in [-0.1, -0.05) is 76.2 Å². The average molecular weight is 468 g/mol. The molecule has 1 atom stereocenters. The van der Waals surface area contributed by atoms with Gasteiger partial charge in [-0.15, -0.1) is 4.41 Å². The molecule has 1 heterocycles. The van der Waals surface area contributed by atoms with Crippen molar-refractivity contribution in [3.63, 3.8) is 0 Å². The van der Waals surface area contributed by atoms with Crippen molar-refractivity contribution in [3.05, 3.63) is 64.7 Å². The first-order chi connectivity index (χ1) is 12.4. The SMILES string of the molecule is Cc1ccc(S(=O)(=O)N2N=C(c3ccc(Cl)cc3)CC2(O)C(Cl)(Cl)Cl)cc1. The largest absolute Gasteiger partial charge is 0.365 e. The second-order valence-corrected chi connectivity index (χ2v) is 10.6. The highest BCUT2D eigenvalue weighted by Crippen LogP contribution is 2.48. The normalized spacial score (nSPS) is 20.7. The van der Waals surface area contributed by atoms with Crippen LogP contribution >= 0.6 is 46.4 Å². The Morgan fingerprint density at radius 1 is 1.07 bits per heavy atom. The molecule has 0 saturated heterocycles. The zero-order valence-corrected chi connectivity index (χ0v) is 17.7. The lowest BCUT2D eigenvalue weighted by atomic mass is 10.0. The van der Waals surface area contributed by atoms with Gasteiger partial charge in [0.2, 0.25) is 9.52 Å². The lowest BCUT2D eigenvalue weighted by molar-refractivity contribution is -0.0382. The highest BCUT2D eigenvalue weighted by atomic mass is 35.6. The molecule has 0 bridgehead atoms. The average Bonchev–Trinajstić information content (AvgIpc) is 2.96. The summed E-state index contributed by atoms with van der Waals surface area (Å²) in [5.74, 6) is 0. The van der Waals surface area contributed by atoms with Gasteiger partial charge in [-0.3, -0.25) is 0 Å². The molecule has 2 aromatic rings. The van der Waals surface area contributed by atoms with Gasteiger partial charge in [0.05, 0.1) is 10.6 Å².